The first-order valence-electron chi connectivity index (χ1n) is 11.1. The van der Waals surface area contributed by atoms with Crippen LogP contribution in [-0.2, 0) is 29.0 Å². The number of aromatic nitrogens is 4. The number of rotatable bonds is 6. The molecule has 3 heterocycles. The van der Waals surface area contributed by atoms with Gasteiger partial charge in [-0.05, 0) is 46.2 Å². The third-order valence-electron chi connectivity index (χ3n) is 6.33. The Morgan fingerprint density at radius 1 is 1.12 bits per heavy atom. The lowest BCUT2D eigenvalue weighted by atomic mass is 10.0. The highest BCUT2D eigenvalue weighted by Gasteiger charge is 2.23. The number of carbonyl (C=O) groups is 2. The molecule has 1 amide bonds. The second-order valence-electron chi connectivity index (χ2n) is 8.40. The van der Waals surface area contributed by atoms with Crippen LogP contribution in [0.1, 0.15) is 27.0 Å². The Labute approximate surface area is 196 Å². The van der Waals surface area contributed by atoms with Gasteiger partial charge in [-0.3, -0.25) is 9.69 Å². The number of piperazine rings is 1. The van der Waals surface area contributed by atoms with E-state index in [2.05, 4.69) is 31.3 Å². The average molecular weight is 457 g/mol. The zero-order valence-corrected chi connectivity index (χ0v) is 18.6. The molecule has 1 saturated heterocycles. The lowest BCUT2D eigenvalue weighted by molar-refractivity contribution is -0.132. The van der Waals surface area contributed by atoms with Crippen LogP contribution in [0.25, 0.3) is 10.5 Å². The van der Waals surface area contributed by atoms with Gasteiger partial charge in [0.05, 0.1) is 17.8 Å². The van der Waals surface area contributed by atoms with E-state index in [0.29, 0.717) is 42.2 Å². The molecule has 172 valence electrons. The summed E-state index contributed by atoms with van der Waals surface area (Å²) in [7, 11) is 0. The van der Waals surface area contributed by atoms with Crippen LogP contribution in [0.15, 0.2) is 42.7 Å². The fourth-order valence-corrected chi connectivity index (χ4v) is 4.35. The molecule has 0 unspecified atom stereocenters. The predicted molar refractivity (Wildman–Crippen MR) is 121 cm³/mol. The molecule has 2 aliphatic heterocycles. The summed E-state index contributed by atoms with van der Waals surface area (Å²) in [6.45, 7) is 11.7. The second kappa shape index (κ2) is 9.41. The van der Waals surface area contributed by atoms with Crippen molar-refractivity contribution in [2.24, 2.45) is 0 Å². The van der Waals surface area contributed by atoms with E-state index in [1.165, 1.54) is 16.6 Å². The minimum Gasteiger partial charge on any atom is -0.457 e. The summed E-state index contributed by atoms with van der Waals surface area (Å²) in [5.41, 5.74) is 4.64. The van der Waals surface area contributed by atoms with E-state index in [9.17, 15) is 9.59 Å². The van der Waals surface area contributed by atoms with Gasteiger partial charge in [-0.1, -0.05) is 18.2 Å². The lowest BCUT2D eigenvalue weighted by Gasteiger charge is -2.35. The number of nitrogens with zero attached hydrogens (tertiary/aromatic N) is 7. The van der Waals surface area contributed by atoms with Gasteiger partial charge in [-0.2, -0.15) is 0 Å². The molecule has 0 bridgehead atoms. The summed E-state index contributed by atoms with van der Waals surface area (Å²) >= 11 is 0. The second-order valence-corrected chi connectivity index (χ2v) is 8.40. The van der Waals surface area contributed by atoms with Crippen LogP contribution in [0, 0.1) is 6.57 Å². The van der Waals surface area contributed by atoms with E-state index in [0.717, 1.165) is 31.6 Å². The van der Waals surface area contributed by atoms with Gasteiger partial charge in [-0.25, -0.2) is 14.3 Å². The smallest absolute Gasteiger partial charge is 0.338 e. The average Bonchev–Trinajstić information content (AvgIpc) is 3.53. The minimum absolute atomic E-state index is 0.0306. The van der Waals surface area contributed by atoms with Gasteiger partial charge in [0, 0.05) is 44.7 Å². The molecule has 0 aliphatic carbocycles. The topological polar surface area (TPSA) is 97.8 Å². The van der Waals surface area contributed by atoms with Crippen LogP contribution < -0.4 is 0 Å². The van der Waals surface area contributed by atoms with Crippen molar-refractivity contribution in [1.29, 1.82) is 0 Å². The standard InChI is InChI=1S/C24H23N7O3/c1-25-22-14-20(31-16-26-27-28-31)4-3-18(22)13-23(32)30-10-8-29(9-11-30)7-6-17-2-5-21-19(12-17)15-34-24(21)33/h2-5,12,14,16H,6-11,13,15H2. The number of hydrogen-bond donors (Lipinski definition) is 0. The van der Waals surface area contributed by atoms with Crippen LogP contribution in [-0.4, -0.2) is 74.6 Å². The largest absolute Gasteiger partial charge is 0.457 e. The number of ether oxygens (including phenoxy) is 1. The first kappa shape index (κ1) is 21.7. The SMILES string of the molecule is [C-]#[N+]c1cc(-n2cnnn2)ccc1CC(=O)N1CCN(CCc2ccc3c(c2)COC3=O)CC1. The van der Waals surface area contributed by atoms with Crippen molar-refractivity contribution in [2.75, 3.05) is 32.7 Å². The summed E-state index contributed by atoms with van der Waals surface area (Å²) in [5, 5.41) is 11.1. The maximum atomic E-state index is 12.9. The normalized spacial score (nSPS) is 15.6. The van der Waals surface area contributed by atoms with Crippen molar-refractivity contribution in [3.63, 3.8) is 0 Å². The molecule has 0 atom stereocenters. The van der Waals surface area contributed by atoms with Gasteiger partial charge >= 0.3 is 5.97 Å². The molecule has 2 aromatic carbocycles. The molecule has 1 fully saturated rings. The van der Waals surface area contributed by atoms with Gasteiger partial charge < -0.3 is 9.64 Å². The molecule has 5 rings (SSSR count). The third kappa shape index (κ3) is 4.51. The monoisotopic (exact) mass is 457 g/mol. The number of fused-ring (bicyclic) bond motifs is 1. The van der Waals surface area contributed by atoms with Crippen LogP contribution in [0.2, 0.25) is 0 Å². The number of cyclic esters (lactones) is 1. The van der Waals surface area contributed by atoms with Crippen LogP contribution in [0.5, 0.6) is 0 Å². The Morgan fingerprint density at radius 2 is 1.97 bits per heavy atom. The summed E-state index contributed by atoms with van der Waals surface area (Å²) in [5.74, 6) is -0.211. The van der Waals surface area contributed by atoms with E-state index in [1.54, 1.807) is 12.1 Å². The molecule has 0 N–H and O–H groups in total. The lowest BCUT2D eigenvalue weighted by Crippen LogP contribution is -2.49. The van der Waals surface area contributed by atoms with E-state index >= 15 is 0 Å². The Hall–Kier alpha value is -4.10. The molecular formula is C24H23N7O3. The number of tetrazole rings is 1. The van der Waals surface area contributed by atoms with Gasteiger partial charge in [-0.15, -0.1) is 5.10 Å². The summed E-state index contributed by atoms with van der Waals surface area (Å²) in [6.07, 6.45) is 2.55. The van der Waals surface area contributed by atoms with E-state index in [4.69, 9.17) is 11.3 Å². The highest BCUT2D eigenvalue weighted by Crippen LogP contribution is 2.24. The molecule has 2 aliphatic rings. The van der Waals surface area contributed by atoms with Gasteiger partial charge in [0.1, 0.15) is 12.9 Å². The number of benzene rings is 2. The van der Waals surface area contributed by atoms with Gasteiger partial charge in [0.2, 0.25) is 5.91 Å². The number of esters is 1. The Kier molecular flexibility index (Phi) is 6.01. The molecule has 0 spiro atoms. The fraction of sp³-hybridized carbons (Fsp3) is 0.333. The van der Waals surface area contributed by atoms with E-state index in [1.807, 2.05) is 23.1 Å². The van der Waals surface area contributed by atoms with Crippen LogP contribution in [0.3, 0.4) is 0 Å². The van der Waals surface area contributed by atoms with Crippen molar-refractivity contribution >= 4 is 17.6 Å². The summed E-state index contributed by atoms with van der Waals surface area (Å²) in [4.78, 5) is 32.3. The maximum absolute atomic E-state index is 12.9. The Bertz CT molecular complexity index is 1260. The maximum Gasteiger partial charge on any atom is 0.338 e. The number of hydrogen-bond acceptors (Lipinski definition) is 7. The number of carbonyl (C=O) groups excluding carboxylic acids is 2. The molecule has 0 saturated carbocycles. The Morgan fingerprint density at radius 3 is 2.74 bits per heavy atom. The summed E-state index contributed by atoms with van der Waals surface area (Å²) < 4.78 is 6.56. The molecule has 10 heteroatoms. The quantitative estimate of drug-likeness (QED) is 0.411. The minimum atomic E-state index is -0.241. The first-order valence-corrected chi connectivity index (χ1v) is 11.1. The van der Waals surface area contributed by atoms with Crippen molar-refractivity contribution in [1.82, 2.24) is 30.0 Å². The van der Waals surface area contributed by atoms with Gasteiger partial charge in [0.15, 0.2) is 5.69 Å². The van der Waals surface area contributed by atoms with Crippen molar-refractivity contribution in [2.45, 2.75) is 19.4 Å². The first-order chi connectivity index (χ1) is 16.6. The molecule has 10 nitrogen and oxygen atoms in total. The molecule has 0 radical (unpaired) electrons. The summed E-state index contributed by atoms with van der Waals surface area (Å²) in [6, 6.07) is 11.2. The van der Waals surface area contributed by atoms with Crippen LogP contribution >= 0.6 is 0 Å². The van der Waals surface area contributed by atoms with E-state index < -0.39 is 0 Å². The van der Waals surface area contributed by atoms with Crippen molar-refractivity contribution in [3.05, 3.63) is 76.4 Å². The molecular weight excluding hydrogens is 434 g/mol. The molecule has 1 aromatic heterocycles. The molecule has 3 aromatic rings. The fourth-order valence-electron chi connectivity index (χ4n) is 4.35. The predicted octanol–water partition coefficient (Wildman–Crippen LogP) is 1.81. The van der Waals surface area contributed by atoms with E-state index in [-0.39, 0.29) is 18.3 Å². The van der Waals surface area contributed by atoms with Gasteiger partial charge in [0.25, 0.3) is 0 Å². The zero-order chi connectivity index (χ0) is 23.5. The zero-order valence-electron chi connectivity index (χ0n) is 18.6. The highest BCUT2D eigenvalue weighted by molar-refractivity contribution is 5.93. The van der Waals surface area contributed by atoms with Crippen molar-refractivity contribution < 1.29 is 14.3 Å². The molecule has 34 heavy (non-hydrogen) atoms. The van der Waals surface area contributed by atoms with Crippen LogP contribution in [0.4, 0.5) is 5.69 Å². The van der Waals surface area contributed by atoms with Crippen molar-refractivity contribution in [3.8, 4) is 5.69 Å². The Balaban J connectivity index is 1.13. The number of amides is 1. The highest BCUT2D eigenvalue weighted by atomic mass is 16.5. The third-order valence-corrected chi connectivity index (χ3v) is 6.33.